The number of nitrogens with one attached hydrogen (secondary N) is 1. The summed E-state index contributed by atoms with van der Waals surface area (Å²) in [5, 5.41) is 3.59. The van der Waals surface area contributed by atoms with Gasteiger partial charge in [-0.15, -0.1) is 0 Å². The summed E-state index contributed by atoms with van der Waals surface area (Å²) in [5.74, 6) is 2.02. The van der Waals surface area contributed by atoms with Gasteiger partial charge in [0, 0.05) is 0 Å². The number of hydrogen-bond acceptors (Lipinski definition) is 1. The first-order valence-electron chi connectivity index (χ1n) is 7.51. The summed E-state index contributed by atoms with van der Waals surface area (Å²) >= 11 is 0. The maximum atomic E-state index is 3.59. The molecule has 0 aromatic heterocycles. The summed E-state index contributed by atoms with van der Waals surface area (Å²) in [6, 6.07) is 0. The van der Waals surface area contributed by atoms with Crippen molar-refractivity contribution in [1.82, 2.24) is 5.32 Å². The van der Waals surface area contributed by atoms with Crippen molar-refractivity contribution in [2.45, 2.75) is 65.2 Å². The van der Waals surface area contributed by atoms with Crippen molar-refractivity contribution in [1.29, 1.82) is 0 Å². The molecule has 1 unspecified atom stereocenters. The SMILES string of the molecule is CCCC1CCC2(CCNCC2CC)CC1. The molecule has 0 aromatic carbocycles. The molecule has 1 N–H and O–H groups in total. The van der Waals surface area contributed by atoms with Crippen LogP contribution in [0.15, 0.2) is 0 Å². The maximum Gasteiger partial charge on any atom is -0.00153 e. The second-order valence-corrected chi connectivity index (χ2v) is 6.15. The number of rotatable bonds is 3. The van der Waals surface area contributed by atoms with Crippen LogP contribution in [0.2, 0.25) is 0 Å². The fourth-order valence-electron chi connectivity index (χ4n) is 4.22. The third-order valence-corrected chi connectivity index (χ3v) is 5.35. The Bertz CT molecular complexity index is 203. The van der Waals surface area contributed by atoms with E-state index >= 15 is 0 Å². The second kappa shape index (κ2) is 5.53. The van der Waals surface area contributed by atoms with Crippen LogP contribution < -0.4 is 5.32 Å². The maximum absolute atomic E-state index is 3.59. The van der Waals surface area contributed by atoms with Crippen molar-refractivity contribution < 1.29 is 0 Å². The molecular weight excluding hydrogens is 194 g/mol. The molecule has 1 aliphatic heterocycles. The third-order valence-electron chi connectivity index (χ3n) is 5.35. The lowest BCUT2D eigenvalue weighted by atomic mass is 9.59. The highest BCUT2D eigenvalue weighted by Crippen LogP contribution is 2.49. The van der Waals surface area contributed by atoms with E-state index in [0.717, 1.165) is 17.3 Å². The van der Waals surface area contributed by atoms with E-state index < -0.39 is 0 Å². The molecule has 1 saturated heterocycles. The van der Waals surface area contributed by atoms with Gasteiger partial charge in [0.05, 0.1) is 0 Å². The average molecular weight is 223 g/mol. The predicted octanol–water partition coefficient (Wildman–Crippen LogP) is 3.98. The van der Waals surface area contributed by atoms with Gasteiger partial charge in [0.15, 0.2) is 0 Å². The summed E-state index contributed by atoms with van der Waals surface area (Å²) in [4.78, 5) is 0. The summed E-state index contributed by atoms with van der Waals surface area (Å²) in [6.07, 6.45) is 11.8. The van der Waals surface area contributed by atoms with Crippen molar-refractivity contribution in [3.05, 3.63) is 0 Å². The van der Waals surface area contributed by atoms with Crippen LogP contribution in [0.25, 0.3) is 0 Å². The third kappa shape index (κ3) is 2.45. The van der Waals surface area contributed by atoms with Crippen molar-refractivity contribution >= 4 is 0 Å². The van der Waals surface area contributed by atoms with E-state index in [2.05, 4.69) is 19.2 Å². The Morgan fingerprint density at radius 3 is 2.50 bits per heavy atom. The van der Waals surface area contributed by atoms with E-state index in [4.69, 9.17) is 0 Å². The zero-order valence-corrected chi connectivity index (χ0v) is 11.2. The van der Waals surface area contributed by atoms with E-state index in [0.29, 0.717) is 0 Å². The molecule has 1 aliphatic carbocycles. The molecule has 1 atom stereocenters. The van der Waals surface area contributed by atoms with E-state index in [1.165, 1.54) is 64.5 Å². The Balaban J connectivity index is 1.93. The molecule has 1 heterocycles. The molecule has 2 rings (SSSR count). The summed E-state index contributed by atoms with van der Waals surface area (Å²) < 4.78 is 0. The van der Waals surface area contributed by atoms with Gasteiger partial charge in [0.1, 0.15) is 0 Å². The van der Waals surface area contributed by atoms with Crippen molar-refractivity contribution in [3.63, 3.8) is 0 Å². The smallest absolute Gasteiger partial charge is 0.00153 e. The van der Waals surface area contributed by atoms with Gasteiger partial charge in [0.2, 0.25) is 0 Å². The van der Waals surface area contributed by atoms with Crippen LogP contribution in [-0.4, -0.2) is 13.1 Å². The standard InChI is InChI=1S/C15H29N/c1-3-5-13-6-8-15(9-7-13)10-11-16-12-14(15)4-2/h13-14,16H,3-12H2,1-2H3. The van der Waals surface area contributed by atoms with Gasteiger partial charge in [-0.25, -0.2) is 0 Å². The highest BCUT2D eigenvalue weighted by atomic mass is 14.9. The van der Waals surface area contributed by atoms with Gasteiger partial charge in [-0.05, 0) is 62.4 Å². The molecule has 2 fully saturated rings. The lowest BCUT2D eigenvalue weighted by Crippen LogP contribution is -2.46. The minimum atomic E-state index is 0.740. The summed E-state index contributed by atoms with van der Waals surface area (Å²) in [7, 11) is 0. The minimum absolute atomic E-state index is 0.740. The zero-order valence-electron chi connectivity index (χ0n) is 11.2. The topological polar surface area (TPSA) is 12.0 Å². The lowest BCUT2D eigenvalue weighted by molar-refractivity contribution is 0.0369. The highest BCUT2D eigenvalue weighted by Gasteiger charge is 2.41. The van der Waals surface area contributed by atoms with Crippen LogP contribution in [0.4, 0.5) is 0 Å². The monoisotopic (exact) mass is 223 g/mol. The van der Waals surface area contributed by atoms with Crippen LogP contribution in [0, 0.1) is 17.3 Å². The van der Waals surface area contributed by atoms with Crippen LogP contribution >= 0.6 is 0 Å². The fraction of sp³-hybridized carbons (Fsp3) is 1.00. The highest BCUT2D eigenvalue weighted by molar-refractivity contribution is 4.94. The van der Waals surface area contributed by atoms with Crippen molar-refractivity contribution in [2.75, 3.05) is 13.1 Å². The van der Waals surface area contributed by atoms with Gasteiger partial charge in [0.25, 0.3) is 0 Å². The molecule has 1 heteroatoms. The largest absolute Gasteiger partial charge is 0.316 e. The first-order valence-corrected chi connectivity index (χ1v) is 7.51. The molecule has 1 saturated carbocycles. The molecule has 0 amide bonds. The van der Waals surface area contributed by atoms with Gasteiger partial charge in [-0.3, -0.25) is 0 Å². The number of hydrogen-bond donors (Lipinski definition) is 1. The van der Waals surface area contributed by atoms with Crippen LogP contribution in [0.1, 0.15) is 65.2 Å². The number of piperidine rings is 1. The van der Waals surface area contributed by atoms with Crippen molar-refractivity contribution in [3.8, 4) is 0 Å². The predicted molar refractivity (Wildman–Crippen MR) is 70.6 cm³/mol. The van der Waals surface area contributed by atoms with Crippen molar-refractivity contribution in [2.24, 2.45) is 17.3 Å². The molecule has 2 aliphatic rings. The molecule has 1 nitrogen and oxygen atoms in total. The first-order chi connectivity index (χ1) is 7.80. The Morgan fingerprint density at radius 1 is 1.12 bits per heavy atom. The van der Waals surface area contributed by atoms with Gasteiger partial charge in [-0.1, -0.05) is 33.1 Å². The molecular formula is C15H29N. The summed E-state index contributed by atoms with van der Waals surface area (Å²) in [6.45, 7) is 7.28. The molecule has 94 valence electrons. The lowest BCUT2D eigenvalue weighted by Gasteiger charge is -2.48. The summed E-state index contributed by atoms with van der Waals surface area (Å²) in [5.41, 5.74) is 0.740. The van der Waals surface area contributed by atoms with E-state index in [1.54, 1.807) is 0 Å². The molecule has 0 radical (unpaired) electrons. The Hall–Kier alpha value is -0.0400. The zero-order chi connectivity index (χ0) is 11.4. The second-order valence-electron chi connectivity index (χ2n) is 6.15. The average Bonchev–Trinajstić information content (AvgIpc) is 2.33. The van der Waals surface area contributed by atoms with E-state index in [1.807, 2.05) is 0 Å². The van der Waals surface area contributed by atoms with Crippen LogP contribution in [0.3, 0.4) is 0 Å². The minimum Gasteiger partial charge on any atom is -0.316 e. The van der Waals surface area contributed by atoms with Crippen LogP contribution in [0.5, 0.6) is 0 Å². The molecule has 0 aromatic rings. The Morgan fingerprint density at radius 2 is 1.88 bits per heavy atom. The van der Waals surface area contributed by atoms with E-state index in [9.17, 15) is 0 Å². The van der Waals surface area contributed by atoms with Crippen LogP contribution in [-0.2, 0) is 0 Å². The molecule has 0 bridgehead atoms. The van der Waals surface area contributed by atoms with E-state index in [-0.39, 0.29) is 0 Å². The Kier molecular flexibility index (Phi) is 4.29. The quantitative estimate of drug-likeness (QED) is 0.763. The molecule has 16 heavy (non-hydrogen) atoms. The molecule has 1 spiro atoms. The van der Waals surface area contributed by atoms with Gasteiger partial charge in [-0.2, -0.15) is 0 Å². The first kappa shape index (κ1) is 12.4. The van der Waals surface area contributed by atoms with Gasteiger partial charge < -0.3 is 5.32 Å². The fourth-order valence-corrected chi connectivity index (χ4v) is 4.22. The normalized spacial score (nSPS) is 40.1. The Labute approximate surface area is 101 Å². The van der Waals surface area contributed by atoms with Gasteiger partial charge >= 0.3 is 0 Å².